The average molecular weight is 243 g/mol. The number of nitrogens with two attached hydrogens (primary N) is 1. The third-order valence-electron chi connectivity index (χ3n) is 2.87. The molecule has 0 aromatic rings. The van der Waals surface area contributed by atoms with Crippen LogP contribution in [0.5, 0.6) is 0 Å². The summed E-state index contributed by atoms with van der Waals surface area (Å²) >= 11 is 0. The predicted molar refractivity (Wildman–Crippen MR) is 72.8 cm³/mol. The zero-order valence-corrected chi connectivity index (χ0v) is 11.8. The van der Waals surface area contributed by atoms with Crippen LogP contribution in [0, 0.1) is 5.92 Å². The van der Waals surface area contributed by atoms with Crippen LogP contribution in [0.25, 0.3) is 0 Å². The minimum Gasteiger partial charge on any atom is -0.355 e. The van der Waals surface area contributed by atoms with Crippen LogP contribution in [-0.2, 0) is 4.79 Å². The Labute approximate surface area is 106 Å². The number of nitrogens with one attached hydrogen (secondary N) is 1. The van der Waals surface area contributed by atoms with E-state index < -0.39 is 0 Å². The number of rotatable bonds is 9. The van der Waals surface area contributed by atoms with Gasteiger partial charge in [-0.15, -0.1) is 0 Å². The summed E-state index contributed by atoms with van der Waals surface area (Å²) in [5, 5.41) is 3.01. The van der Waals surface area contributed by atoms with Crippen molar-refractivity contribution in [1.29, 1.82) is 0 Å². The van der Waals surface area contributed by atoms with E-state index in [0.717, 1.165) is 25.8 Å². The highest BCUT2D eigenvalue weighted by molar-refractivity contribution is 5.75. The molecule has 0 spiro atoms. The Hall–Kier alpha value is -0.610. The molecule has 1 atom stereocenters. The van der Waals surface area contributed by atoms with E-state index in [0.29, 0.717) is 24.9 Å². The van der Waals surface area contributed by atoms with Gasteiger partial charge in [-0.1, -0.05) is 13.8 Å². The van der Waals surface area contributed by atoms with Gasteiger partial charge in [-0.2, -0.15) is 0 Å². The Morgan fingerprint density at radius 1 is 1.29 bits per heavy atom. The molecular formula is C13H29N3O. The van der Waals surface area contributed by atoms with Gasteiger partial charge in [0, 0.05) is 19.0 Å². The summed E-state index contributed by atoms with van der Waals surface area (Å²) in [7, 11) is 4.13. The average Bonchev–Trinajstić information content (AvgIpc) is 2.23. The molecule has 4 heteroatoms. The zero-order valence-electron chi connectivity index (χ0n) is 11.8. The molecule has 0 bridgehead atoms. The number of nitrogens with zero attached hydrogens (tertiary/aromatic N) is 1. The number of carbonyl (C=O) groups is 1. The second kappa shape index (κ2) is 9.42. The zero-order chi connectivity index (χ0) is 13.3. The van der Waals surface area contributed by atoms with Crippen molar-refractivity contribution < 1.29 is 4.79 Å². The number of amides is 1. The predicted octanol–water partition coefficient (Wildman–Crippen LogP) is 1.21. The van der Waals surface area contributed by atoms with Crippen molar-refractivity contribution in [3.8, 4) is 0 Å². The highest BCUT2D eigenvalue weighted by Gasteiger charge is 2.14. The van der Waals surface area contributed by atoms with Gasteiger partial charge < -0.3 is 16.0 Å². The molecule has 4 nitrogen and oxygen atoms in total. The maximum Gasteiger partial charge on any atom is 0.220 e. The van der Waals surface area contributed by atoms with Crippen molar-refractivity contribution >= 4 is 5.91 Å². The Morgan fingerprint density at radius 2 is 1.94 bits per heavy atom. The van der Waals surface area contributed by atoms with Gasteiger partial charge >= 0.3 is 0 Å². The Bertz CT molecular complexity index is 205. The van der Waals surface area contributed by atoms with Gasteiger partial charge in [-0.3, -0.25) is 4.79 Å². The van der Waals surface area contributed by atoms with Gasteiger partial charge in [0.25, 0.3) is 0 Å². The molecule has 0 aromatic carbocycles. The number of unbranched alkanes of at least 4 members (excludes halogenated alkanes) is 1. The smallest absolute Gasteiger partial charge is 0.220 e. The van der Waals surface area contributed by atoms with E-state index in [9.17, 15) is 4.79 Å². The molecule has 0 aliphatic heterocycles. The maximum atomic E-state index is 11.6. The first kappa shape index (κ1) is 16.4. The standard InChI is InChI=1S/C13H29N3O/c1-11(2)9-12(16(3)4)10-15-13(17)7-5-6-8-14/h11-12H,5-10,14H2,1-4H3,(H,15,17). The van der Waals surface area contributed by atoms with Crippen LogP contribution < -0.4 is 11.1 Å². The molecule has 0 fully saturated rings. The topological polar surface area (TPSA) is 58.4 Å². The van der Waals surface area contributed by atoms with Gasteiger partial charge in [-0.25, -0.2) is 0 Å². The summed E-state index contributed by atoms with van der Waals surface area (Å²) in [6.45, 7) is 5.83. The molecule has 17 heavy (non-hydrogen) atoms. The quantitative estimate of drug-likeness (QED) is 0.598. The second-order valence-corrected chi connectivity index (χ2v) is 5.30. The summed E-state index contributed by atoms with van der Waals surface area (Å²) in [5.74, 6) is 0.797. The van der Waals surface area contributed by atoms with Crippen molar-refractivity contribution in [3.63, 3.8) is 0 Å². The molecule has 0 heterocycles. The Morgan fingerprint density at radius 3 is 2.41 bits per heavy atom. The summed E-state index contributed by atoms with van der Waals surface area (Å²) in [5.41, 5.74) is 5.39. The van der Waals surface area contributed by atoms with E-state index >= 15 is 0 Å². The fourth-order valence-corrected chi connectivity index (χ4v) is 1.77. The minimum absolute atomic E-state index is 0.147. The van der Waals surface area contributed by atoms with Crippen molar-refractivity contribution in [2.45, 2.75) is 45.6 Å². The number of hydrogen-bond acceptors (Lipinski definition) is 3. The van der Waals surface area contributed by atoms with E-state index in [2.05, 4.69) is 38.2 Å². The molecule has 1 amide bonds. The van der Waals surface area contributed by atoms with E-state index in [1.807, 2.05) is 0 Å². The van der Waals surface area contributed by atoms with Gasteiger partial charge in [0.15, 0.2) is 0 Å². The highest BCUT2D eigenvalue weighted by atomic mass is 16.1. The molecule has 0 aliphatic carbocycles. The van der Waals surface area contributed by atoms with Crippen LogP contribution in [0.1, 0.15) is 39.5 Å². The van der Waals surface area contributed by atoms with Gasteiger partial charge in [-0.05, 0) is 45.8 Å². The highest BCUT2D eigenvalue weighted by Crippen LogP contribution is 2.08. The third kappa shape index (κ3) is 9.12. The summed E-state index contributed by atoms with van der Waals surface area (Å²) in [6.07, 6.45) is 3.52. The van der Waals surface area contributed by atoms with Crippen molar-refractivity contribution in [1.82, 2.24) is 10.2 Å². The first-order chi connectivity index (χ1) is 7.97. The van der Waals surface area contributed by atoms with E-state index in [1.54, 1.807) is 0 Å². The lowest BCUT2D eigenvalue weighted by molar-refractivity contribution is -0.121. The Balaban J connectivity index is 3.83. The van der Waals surface area contributed by atoms with Crippen molar-refractivity contribution in [2.75, 3.05) is 27.2 Å². The molecule has 3 N–H and O–H groups in total. The molecular weight excluding hydrogens is 214 g/mol. The van der Waals surface area contributed by atoms with Gasteiger partial charge in [0.1, 0.15) is 0 Å². The van der Waals surface area contributed by atoms with E-state index in [-0.39, 0.29) is 5.91 Å². The molecule has 102 valence electrons. The molecule has 1 unspecified atom stereocenters. The molecule has 0 radical (unpaired) electrons. The summed E-state index contributed by atoms with van der Waals surface area (Å²) < 4.78 is 0. The minimum atomic E-state index is 0.147. The van der Waals surface area contributed by atoms with Crippen LogP contribution in [0.15, 0.2) is 0 Å². The monoisotopic (exact) mass is 243 g/mol. The molecule has 0 saturated carbocycles. The molecule has 0 aliphatic rings. The van der Waals surface area contributed by atoms with Gasteiger partial charge in [0.2, 0.25) is 5.91 Å². The van der Waals surface area contributed by atoms with Crippen LogP contribution in [0.4, 0.5) is 0 Å². The van der Waals surface area contributed by atoms with Crippen molar-refractivity contribution in [2.24, 2.45) is 11.7 Å². The number of carbonyl (C=O) groups excluding carboxylic acids is 1. The first-order valence-corrected chi connectivity index (χ1v) is 6.60. The van der Waals surface area contributed by atoms with Gasteiger partial charge in [0.05, 0.1) is 0 Å². The first-order valence-electron chi connectivity index (χ1n) is 6.60. The molecule has 0 saturated heterocycles. The summed E-state index contributed by atoms with van der Waals surface area (Å²) in [4.78, 5) is 13.7. The summed E-state index contributed by atoms with van der Waals surface area (Å²) in [6, 6.07) is 0.424. The maximum absolute atomic E-state index is 11.6. The number of hydrogen-bond donors (Lipinski definition) is 2. The number of likely N-dealkylation sites (N-methyl/N-ethyl adjacent to an activating group) is 1. The van der Waals surface area contributed by atoms with Crippen LogP contribution >= 0.6 is 0 Å². The van der Waals surface area contributed by atoms with Crippen LogP contribution in [-0.4, -0.2) is 44.0 Å². The lowest BCUT2D eigenvalue weighted by Crippen LogP contribution is -2.41. The fraction of sp³-hybridized carbons (Fsp3) is 0.923. The van der Waals surface area contributed by atoms with E-state index in [4.69, 9.17) is 5.73 Å². The second-order valence-electron chi connectivity index (χ2n) is 5.30. The van der Waals surface area contributed by atoms with E-state index in [1.165, 1.54) is 0 Å². The third-order valence-corrected chi connectivity index (χ3v) is 2.87. The largest absolute Gasteiger partial charge is 0.355 e. The molecule has 0 rings (SSSR count). The fourth-order valence-electron chi connectivity index (χ4n) is 1.77. The lowest BCUT2D eigenvalue weighted by atomic mass is 10.0. The van der Waals surface area contributed by atoms with Crippen LogP contribution in [0.2, 0.25) is 0 Å². The van der Waals surface area contributed by atoms with Crippen LogP contribution in [0.3, 0.4) is 0 Å². The van der Waals surface area contributed by atoms with Crippen molar-refractivity contribution in [3.05, 3.63) is 0 Å². The molecule has 0 aromatic heterocycles. The SMILES string of the molecule is CC(C)CC(CNC(=O)CCCCN)N(C)C. The normalized spacial score (nSPS) is 13.1. The lowest BCUT2D eigenvalue weighted by Gasteiger charge is -2.26. The Kier molecular flexibility index (Phi) is 9.09.